The van der Waals surface area contributed by atoms with Crippen LogP contribution in [0.5, 0.6) is 0 Å². The minimum absolute atomic E-state index is 0.0552. The third-order valence-corrected chi connectivity index (χ3v) is 6.55. The average molecular weight is 387 g/mol. The molecule has 142 valence electrons. The van der Waals surface area contributed by atoms with Gasteiger partial charge in [0, 0.05) is 49.9 Å². The van der Waals surface area contributed by atoms with Gasteiger partial charge < -0.3 is 10.6 Å². The third-order valence-electron chi connectivity index (χ3n) is 4.55. The second kappa shape index (κ2) is 9.00. The molecule has 1 aliphatic heterocycles. The Kier molecular flexibility index (Phi) is 7.27. The van der Waals surface area contributed by atoms with E-state index in [9.17, 15) is 8.42 Å². The number of hydrogen-bond acceptors (Lipinski definition) is 5. The quantitative estimate of drug-likeness (QED) is 0.549. The van der Waals surface area contributed by atoms with Crippen molar-refractivity contribution in [3.63, 3.8) is 0 Å². The molecule has 0 saturated heterocycles. The summed E-state index contributed by atoms with van der Waals surface area (Å²) in [6.45, 7) is 7.11. The lowest BCUT2D eigenvalue weighted by molar-refractivity contribution is 0.192. The summed E-state index contributed by atoms with van der Waals surface area (Å²) < 4.78 is 22.5. The lowest BCUT2D eigenvalue weighted by atomic mass is 10.1. The molecule has 25 heavy (non-hydrogen) atoms. The standard InChI is InChI=1S/C17H30N4O2S2/c1-13(7-10-25(4,22)23)20-17(18-3)19-11-14(2)21-8-5-16-15(12-21)6-9-24-16/h6,9,13-14H,5,7-8,10-12H2,1-4H3,(H2,18,19,20). The lowest BCUT2D eigenvalue weighted by Gasteiger charge is -2.33. The Labute approximate surface area is 155 Å². The summed E-state index contributed by atoms with van der Waals surface area (Å²) in [6, 6.07) is 2.69. The molecule has 2 N–H and O–H groups in total. The molecular weight excluding hydrogens is 356 g/mol. The first-order valence-corrected chi connectivity index (χ1v) is 11.7. The summed E-state index contributed by atoms with van der Waals surface area (Å²) >= 11 is 1.86. The second-order valence-electron chi connectivity index (χ2n) is 6.86. The van der Waals surface area contributed by atoms with Gasteiger partial charge in [-0.05, 0) is 43.7 Å². The minimum Gasteiger partial charge on any atom is -0.355 e. The zero-order valence-corrected chi connectivity index (χ0v) is 17.2. The molecule has 0 saturated carbocycles. The SMILES string of the molecule is CN=C(NCC(C)N1CCc2sccc2C1)NC(C)CCS(C)(=O)=O. The van der Waals surface area contributed by atoms with E-state index in [1.54, 1.807) is 7.05 Å². The molecule has 1 aliphatic rings. The maximum absolute atomic E-state index is 11.3. The van der Waals surface area contributed by atoms with Crippen LogP contribution in [0.15, 0.2) is 16.4 Å². The average Bonchev–Trinajstić information content (AvgIpc) is 3.03. The van der Waals surface area contributed by atoms with Crippen molar-refractivity contribution in [1.29, 1.82) is 0 Å². The summed E-state index contributed by atoms with van der Waals surface area (Å²) in [4.78, 5) is 8.26. The molecule has 0 bridgehead atoms. The van der Waals surface area contributed by atoms with Gasteiger partial charge in [0.1, 0.15) is 9.84 Å². The summed E-state index contributed by atoms with van der Waals surface area (Å²) in [5, 5.41) is 8.81. The predicted octanol–water partition coefficient (Wildman–Crippen LogP) is 1.48. The molecule has 6 nitrogen and oxygen atoms in total. The van der Waals surface area contributed by atoms with Crippen LogP contribution in [0.2, 0.25) is 0 Å². The van der Waals surface area contributed by atoms with Gasteiger partial charge in [-0.1, -0.05) is 0 Å². The summed E-state index contributed by atoms with van der Waals surface area (Å²) in [5.74, 6) is 0.909. The zero-order valence-electron chi connectivity index (χ0n) is 15.6. The van der Waals surface area contributed by atoms with E-state index in [-0.39, 0.29) is 11.8 Å². The van der Waals surface area contributed by atoms with E-state index in [1.165, 1.54) is 16.7 Å². The maximum Gasteiger partial charge on any atom is 0.191 e. The molecule has 0 spiro atoms. The molecule has 1 aromatic heterocycles. The second-order valence-corrected chi connectivity index (χ2v) is 10.1. The van der Waals surface area contributed by atoms with Crippen molar-refractivity contribution in [2.24, 2.45) is 4.99 Å². The van der Waals surface area contributed by atoms with Crippen molar-refractivity contribution < 1.29 is 8.42 Å². The van der Waals surface area contributed by atoms with Crippen molar-refractivity contribution >= 4 is 27.1 Å². The van der Waals surface area contributed by atoms with E-state index < -0.39 is 9.84 Å². The molecule has 2 unspecified atom stereocenters. The molecule has 2 heterocycles. The normalized spacial score (nSPS) is 18.5. The van der Waals surface area contributed by atoms with Gasteiger partial charge in [-0.3, -0.25) is 9.89 Å². The Morgan fingerprint density at radius 1 is 1.44 bits per heavy atom. The topological polar surface area (TPSA) is 73.8 Å². The number of fused-ring (bicyclic) bond motifs is 1. The number of hydrogen-bond donors (Lipinski definition) is 2. The lowest BCUT2D eigenvalue weighted by Crippen LogP contribution is -2.49. The van der Waals surface area contributed by atoms with Crippen molar-refractivity contribution in [3.8, 4) is 0 Å². The van der Waals surface area contributed by atoms with Crippen LogP contribution in [0.4, 0.5) is 0 Å². The van der Waals surface area contributed by atoms with E-state index in [2.05, 4.69) is 38.9 Å². The Morgan fingerprint density at radius 3 is 2.88 bits per heavy atom. The molecule has 0 aliphatic carbocycles. The summed E-state index contributed by atoms with van der Waals surface area (Å²) in [7, 11) is -1.19. The molecule has 0 aromatic carbocycles. The van der Waals surface area contributed by atoms with Crippen LogP contribution in [-0.2, 0) is 22.8 Å². The monoisotopic (exact) mass is 386 g/mol. The van der Waals surface area contributed by atoms with Gasteiger partial charge in [-0.2, -0.15) is 0 Å². The molecule has 0 radical (unpaired) electrons. The van der Waals surface area contributed by atoms with Crippen LogP contribution in [-0.4, -0.2) is 63.5 Å². The van der Waals surface area contributed by atoms with Crippen molar-refractivity contribution in [3.05, 3.63) is 21.9 Å². The molecule has 8 heteroatoms. The minimum atomic E-state index is -2.93. The van der Waals surface area contributed by atoms with Crippen molar-refractivity contribution in [1.82, 2.24) is 15.5 Å². The van der Waals surface area contributed by atoms with E-state index in [1.807, 2.05) is 18.3 Å². The predicted molar refractivity (Wildman–Crippen MR) is 106 cm³/mol. The smallest absolute Gasteiger partial charge is 0.191 e. The van der Waals surface area contributed by atoms with E-state index in [4.69, 9.17) is 0 Å². The highest BCUT2D eigenvalue weighted by molar-refractivity contribution is 7.90. The van der Waals surface area contributed by atoms with E-state index >= 15 is 0 Å². The number of thiophene rings is 1. The van der Waals surface area contributed by atoms with Crippen LogP contribution in [0.1, 0.15) is 30.7 Å². The summed E-state index contributed by atoms with van der Waals surface area (Å²) in [6.07, 6.45) is 2.97. The van der Waals surface area contributed by atoms with Crippen LogP contribution < -0.4 is 10.6 Å². The molecule has 0 amide bonds. The Balaban J connectivity index is 1.76. The van der Waals surface area contributed by atoms with E-state index in [0.29, 0.717) is 12.5 Å². The van der Waals surface area contributed by atoms with E-state index in [0.717, 1.165) is 32.0 Å². The first-order valence-electron chi connectivity index (χ1n) is 8.72. The zero-order chi connectivity index (χ0) is 18.4. The van der Waals surface area contributed by atoms with Gasteiger partial charge in [-0.15, -0.1) is 11.3 Å². The van der Waals surface area contributed by atoms with Gasteiger partial charge in [-0.25, -0.2) is 8.42 Å². The largest absolute Gasteiger partial charge is 0.355 e. The van der Waals surface area contributed by atoms with Gasteiger partial charge in [0.25, 0.3) is 0 Å². The first kappa shape index (κ1) is 20.2. The van der Waals surface area contributed by atoms with Crippen LogP contribution in [0, 0.1) is 0 Å². The van der Waals surface area contributed by atoms with Crippen molar-refractivity contribution in [2.75, 3.05) is 32.1 Å². The third kappa shape index (κ3) is 6.60. The maximum atomic E-state index is 11.3. The fourth-order valence-corrected chi connectivity index (χ4v) is 4.58. The summed E-state index contributed by atoms with van der Waals surface area (Å²) in [5.41, 5.74) is 1.46. The number of aliphatic imine (C=N–C) groups is 1. The molecule has 1 aromatic rings. The van der Waals surface area contributed by atoms with Gasteiger partial charge in [0.05, 0.1) is 5.75 Å². The fourth-order valence-electron chi connectivity index (χ4n) is 2.91. The van der Waals surface area contributed by atoms with Gasteiger partial charge in [0.15, 0.2) is 5.96 Å². The highest BCUT2D eigenvalue weighted by atomic mass is 32.2. The van der Waals surface area contributed by atoms with Gasteiger partial charge >= 0.3 is 0 Å². The van der Waals surface area contributed by atoms with Gasteiger partial charge in [0.2, 0.25) is 0 Å². The molecule has 0 fully saturated rings. The number of nitrogens with zero attached hydrogens (tertiary/aromatic N) is 2. The number of nitrogens with one attached hydrogen (secondary N) is 2. The Bertz CT molecular complexity index is 685. The fraction of sp³-hybridized carbons (Fsp3) is 0.706. The molecule has 2 atom stereocenters. The number of rotatable bonds is 7. The molecule has 2 rings (SSSR count). The van der Waals surface area contributed by atoms with Crippen molar-refractivity contribution in [2.45, 2.75) is 45.3 Å². The first-order chi connectivity index (χ1) is 11.8. The molecular formula is C17H30N4O2S2. The highest BCUT2D eigenvalue weighted by Crippen LogP contribution is 2.24. The van der Waals surface area contributed by atoms with Crippen LogP contribution in [0.3, 0.4) is 0 Å². The van der Waals surface area contributed by atoms with Crippen LogP contribution in [0.25, 0.3) is 0 Å². The number of sulfone groups is 1. The number of guanidine groups is 1. The Hall–Kier alpha value is -1.12. The van der Waals surface area contributed by atoms with Crippen LogP contribution >= 0.6 is 11.3 Å². The Morgan fingerprint density at radius 2 is 2.20 bits per heavy atom. The highest BCUT2D eigenvalue weighted by Gasteiger charge is 2.21.